The molecule has 0 saturated heterocycles. The molecule has 1 fully saturated rings. The lowest BCUT2D eigenvalue weighted by Gasteiger charge is -2.24. The number of nitrogens with one attached hydrogen (secondary N) is 1. The fraction of sp³-hybridized carbons (Fsp3) is 0.636. The van der Waals surface area contributed by atoms with Crippen LogP contribution in [0.15, 0.2) is 16.6 Å². The van der Waals surface area contributed by atoms with Crippen molar-refractivity contribution in [3.05, 3.63) is 27.7 Å². The van der Waals surface area contributed by atoms with Crippen LogP contribution >= 0.6 is 15.9 Å². The first kappa shape index (κ1) is 22.9. The van der Waals surface area contributed by atoms with Crippen LogP contribution in [0.5, 0.6) is 5.75 Å². The van der Waals surface area contributed by atoms with Gasteiger partial charge in [-0.1, -0.05) is 15.9 Å². The van der Waals surface area contributed by atoms with Crippen LogP contribution in [0.25, 0.3) is 0 Å². The van der Waals surface area contributed by atoms with E-state index in [0.29, 0.717) is 50.1 Å². The number of rotatable bonds is 9. The van der Waals surface area contributed by atoms with Gasteiger partial charge in [0.2, 0.25) is 0 Å². The van der Waals surface area contributed by atoms with E-state index >= 15 is 0 Å². The van der Waals surface area contributed by atoms with Gasteiger partial charge in [-0.25, -0.2) is 4.79 Å². The third-order valence-corrected chi connectivity index (χ3v) is 5.62. The average molecular weight is 483 g/mol. The smallest absolute Gasteiger partial charge is 0.407 e. The number of hydrogen-bond donors (Lipinski definition) is 1. The van der Waals surface area contributed by atoms with Gasteiger partial charge >= 0.3 is 6.09 Å². The molecule has 1 aromatic rings. The van der Waals surface area contributed by atoms with Gasteiger partial charge in [-0.05, 0) is 64.2 Å². The van der Waals surface area contributed by atoms with Crippen LogP contribution in [0, 0.1) is 5.92 Å². The Labute approximate surface area is 186 Å². The van der Waals surface area contributed by atoms with E-state index in [9.17, 15) is 9.59 Å². The largest absolute Gasteiger partial charge is 0.490 e. The van der Waals surface area contributed by atoms with Crippen molar-refractivity contribution in [1.82, 2.24) is 10.2 Å². The number of fused-ring (bicyclic) bond motifs is 1. The number of carbonyl (C=O) groups excluding carboxylic acids is 2. The molecule has 1 aliphatic heterocycles. The normalized spacial score (nSPS) is 17.0. The lowest BCUT2D eigenvalue weighted by molar-refractivity contribution is 0.0489. The van der Waals surface area contributed by atoms with Gasteiger partial charge in [0.1, 0.15) is 18.0 Å². The maximum atomic E-state index is 13.0. The number of alkyl carbamates (subject to hydrolysis) is 1. The monoisotopic (exact) mass is 482 g/mol. The first-order valence-corrected chi connectivity index (χ1v) is 11.3. The highest BCUT2D eigenvalue weighted by molar-refractivity contribution is 9.10. The number of carbonyl (C=O) groups is 2. The van der Waals surface area contributed by atoms with Gasteiger partial charge < -0.3 is 24.4 Å². The van der Waals surface area contributed by atoms with E-state index in [2.05, 4.69) is 28.2 Å². The van der Waals surface area contributed by atoms with Gasteiger partial charge in [-0.15, -0.1) is 0 Å². The molecule has 0 aromatic heterocycles. The van der Waals surface area contributed by atoms with Crippen molar-refractivity contribution in [3.8, 4) is 5.75 Å². The highest BCUT2D eigenvalue weighted by atomic mass is 79.9. The molecule has 3 rings (SSSR count). The molecule has 1 atom stereocenters. The predicted molar refractivity (Wildman–Crippen MR) is 117 cm³/mol. The maximum absolute atomic E-state index is 13.0. The molecule has 0 unspecified atom stereocenters. The number of halogens is 1. The van der Waals surface area contributed by atoms with Gasteiger partial charge in [-0.2, -0.15) is 0 Å². The molecule has 0 bridgehead atoms. The van der Waals surface area contributed by atoms with Gasteiger partial charge in [0.15, 0.2) is 0 Å². The Morgan fingerprint density at radius 1 is 1.27 bits per heavy atom. The average Bonchev–Trinajstić information content (AvgIpc) is 3.43. The standard InChI is InChI=1S/C22H31BrN2O5/c1-14(15-5-6-15)25-13-16-11-17(23)12-18(19(16)20(25)26)29-10-9-28-8-7-24-21(27)30-22(2,3)4/h11-12,14-15H,5-10,13H2,1-4H3,(H,24,27)/t14-/m0/s1. The molecule has 1 N–H and O–H groups in total. The van der Waals surface area contributed by atoms with E-state index in [0.717, 1.165) is 10.0 Å². The fourth-order valence-corrected chi connectivity index (χ4v) is 4.01. The number of ether oxygens (including phenoxy) is 3. The number of amides is 2. The number of hydrogen-bond acceptors (Lipinski definition) is 5. The summed E-state index contributed by atoms with van der Waals surface area (Å²) in [5.41, 5.74) is 1.14. The molecule has 2 amide bonds. The molecule has 166 valence electrons. The summed E-state index contributed by atoms with van der Waals surface area (Å²) in [5.74, 6) is 1.26. The molecule has 2 aliphatic rings. The highest BCUT2D eigenvalue weighted by Crippen LogP contribution is 2.41. The number of nitrogens with zero attached hydrogens (tertiary/aromatic N) is 1. The Balaban J connectivity index is 1.44. The minimum atomic E-state index is -0.521. The van der Waals surface area contributed by atoms with E-state index in [4.69, 9.17) is 14.2 Å². The Morgan fingerprint density at radius 3 is 2.67 bits per heavy atom. The molecule has 1 aromatic carbocycles. The van der Waals surface area contributed by atoms with Crippen molar-refractivity contribution < 1.29 is 23.8 Å². The molecule has 7 nitrogen and oxygen atoms in total. The Morgan fingerprint density at radius 2 is 2.00 bits per heavy atom. The third kappa shape index (κ3) is 6.11. The zero-order chi connectivity index (χ0) is 21.9. The quantitative estimate of drug-likeness (QED) is 0.535. The zero-order valence-corrected chi connectivity index (χ0v) is 19.7. The van der Waals surface area contributed by atoms with Crippen molar-refractivity contribution >= 4 is 27.9 Å². The maximum Gasteiger partial charge on any atom is 0.407 e. The van der Waals surface area contributed by atoms with Crippen molar-refractivity contribution in [2.45, 2.75) is 58.7 Å². The number of benzene rings is 1. The van der Waals surface area contributed by atoms with Gasteiger partial charge in [0.05, 0.1) is 18.8 Å². The van der Waals surface area contributed by atoms with E-state index in [1.54, 1.807) is 0 Å². The summed E-state index contributed by atoms with van der Waals surface area (Å²) in [6.45, 7) is 9.60. The molecule has 1 saturated carbocycles. The summed E-state index contributed by atoms with van der Waals surface area (Å²) >= 11 is 3.52. The van der Waals surface area contributed by atoms with Crippen LogP contribution in [0.2, 0.25) is 0 Å². The van der Waals surface area contributed by atoms with Crippen LogP contribution < -0.4 is 10.1 Å². The minimum Gasteiger partial charge on any atom is -0.490 e. The topological polar surface area (TPSA) is 77.1 Å². The summed E-state index contributed by atoms with van der Waals surface area (Å²) in [4.78, 5) is 26.5. The van der Waals surface area contributed by atoms with E-state index in [1.165, 1.54) is 12.8 Å². The first-order chi connectivity index (χ1) is 14.2. The van der Waals surface area contributed by atoms with Crippen LogP contribution in [0.4, 0.5) is 4.79 Å². The molecule has 8 heteroatoms. The lowest BCUT2D eigenvalue weighted by Crippen LogP contribution is -2.34. The summed E-state index contributed by atoms with van der Waals surface area (Å²) in [7, 11) is 0. The van der Waals surface area contributed by atoms with Gasteiger partial charge in [0.25, 0.3) is 5.91 Å². The second kappa shape index (κ2) is 9.56. The summed E-state index contributed by atoms with van der Waals surface area (Å²) in [6, 6.07) is 4.10. The van der Waals surface area contributed by atoms with Crippen molar-refractivity contribution in [1.29, 1.82) is 0 Å². The van der Waals surface area contributed by atoms with Crippen molar-refractivity contribution in [2.24, 2.45) is 5.92 Å². The molecule has 1 aliphatic carbocycles. The van der Waals surface area contributed by atoms with Crippen LogP contribution in [-0.2, 0) is 16.0 Å². The summed E-state index contributed by atoms with van der Waals surface area (Å²) < 4.78 is 17.4. The van der Waals surface area contributed by atoms with E-state index in [1.807, 2.05) is 37.8 Å². The second-order valence-electron chi connectivity index (χ2n) is 8.84. The van der Waals surface area contributed by atoms with Crippen molar-refractivity contribution in [3.63, 3.8) is 0 Å². The molecule has 0 radical (unpaired) electrons. The minimum absolute atomic E-state index is 0.0504. The lowest BCUT2D eigenvalue weighted by atomic mass is 10.1. The Bertz CT molecular complexity index is 788. The molecule has 1 heterocycles. The SMILES string of the molecule is C[C@@H](C1CC1)N1Cc2cc(Br)cc(OCCOCCNC(=O)OC(C)(C)C)c2C1=O. The Kier molecular flexibility index (Phi) is 7.29. The van der Waals surface area contributed by atoms with E-state index in [-0.39, 0.29) is 11.9 Å². The van der Waals surface area contributed by atoms with Crippen LogP contribution in [-0.4, -0.2) is 54.9 Å². The highest BCUT2D eigenvalue weighted by Gasteiger charge is 2.40. The van der Waals surface area contributed by atoms with E-state index < -0.39 is 11.7 Å². The Hall–Kier alpha value is -1.80. The second-order valence-corrected chi connectivity index (χ2v) is 9.75. The first-order valence-electron chi connectivity index (χ1n) is 10.5. The van der Waals surface area contributed by atoms with Gasteiger partial charge in [0, 0.05) is 23.6 Å². The molecule has 0 spiro atoms. The van der Waals surface area contributed by atoms with Crippen molar-refractivity contribution in [2.75, 3.05) is 26.4 Å². The predicted octanol–water partition coefficient (Wildman–Crippen LogP) is 4.12. The molecular formula is C22H31BrN2O5. The summed E-state index contributed by atoms with van der Waals surface area (Å²) in [5, 5.41) is 2.64. The van der Waals surface area contributed by atoms with Crippen LogP contribution in [0.3, 0.4) is 0 Å². The molecular weight excluding hydrogens is 452 g/mol. The molecule has 30 heavy (non-hydrogen) atoms. The summed E-state index contributed by atoms with van der Waals surface area (Å²) in [6.07, 6.45) is 1.94. The van der Waals surface area contributed by atoms with Gasteiger partial charge in [-0.3, -0.25) is 4.79 Å². The van der Waals surface area contributed by atoms with Crippen LogP contribution in [0.1, 0.15) is 56.5 Å². The third-order valence-electron chi connectivity index (χ3n) is 5.16. The fourth-order valence-electron chi connectivity index (χ4n) is 3.53. The zero-order valence-electron chi connectivity index (χ0n) is 18.1.